The number of fused-ring (bicyclic) bond motifs is 1. The summed E-state index contributed by atoms with van der Waals surface area (Å²) < 4.78 is 5.41. The van der Waals surface area contributed by atoms with Gasteiger partial charge in [-0.05, 0) is 24.8 Å². The minimum Gasteiger partial charge on any atom is -0.389 e. The molecule has 124 valence electrons. The summed E-state index contributed by atoms with van der Waals surface area (Å²) in [5, 5.41) is 13.3. The first-order valence-electron chi connectivity index (χ1n) is 8.19. The molecule has 7 heteroatoms. The van der Waals surface area contributed by atoms with E-state index in [2.05, 4.69) is 26.2 Å². The Labute approximate surface area is 139 Å². The number of aromatic nitrogens is 2. The third-order valence-electron chi connectivity index (χ3n) is 4.74. The predicted octanol–water partition coefficient (Wildman–Crippen LogP) is 1.27. The van der Waals surface area contributed by atoms with Crippen LogP contribution >= 0.6 is 11.3 Å². The van der Waals surface area contributed by atoms with E-state index in [0.29, 0.717) is 13.2 Å². The molecule has 2 aliphatic heterocycles. The minimum atomic E-state index is -0.355. The van der Waals surface area contributed by atoms with Crippen molar-refractivity contribution in [2.45, 2.75) is 25.5 Å². The molecule has 2 aliphatic rings. The van der Waals surface area contributed by atoms with E-state index < -0.39 is 0 Å². The topological polar surface area (TPSA) is 61.7 Å². The molecule has 0 spiro atoms. The average molecular weight is 334 g/mol. The zero-order valence-electron chi connectivity index (χ0n) is 13.3. The van der Waals surface area contributed by atoms with Gasteiger partial charge < -0.3 is 14.7 Å². The number of ether oxygens (including phenoxy) is 1. The molecule has 6 nitrogen and oxygen atoms in total. The van der Waals surface area contributed by atoms with Crippen molar-refractivity contribution < 1.29 is 9.84 Å². The summed E-state index contributed by atoms with van der Waals surface area (Å²) in [6.45, 7) is 6.90. The molecule has 0 bridgehead atoms. The summed E-state index contributed by atoms with van der Waals surface area (Å²) in [6, 6.07) is 2.26. The van der Waals surface area contributed by atoms with Crippen molar-refractivity contribution in [3.05, 3.63) is 17.3 Å². The van der Waals surface area contributed by atoms with Crippen LogP contribution in [0.4, 0.5) is 5.82 Å². The molecule has 2 aromatic heterocycles. The van der Waals surface area contributed by atoms with Gasteiger partial charge in [-0.2, -0.15) is 0 Å². The maximum absolute atomic E-state index is 10.1. The van der Waals surface area contributed by atoms with Crippen LogP contribution in [0.3, 0.4) is 0 Å². The second-order valence-electron chi connectivity index (χ2n) is 6.28. The summed E-state index contributed by atoms with van der Waals surface area (Å²) in [5.41, 5.74) is 0. The van der Waals surface area contributed by atoms with Gasteiger partial charge in [0.1, 0.15) is 16.5 Å². The summed E-state index contributed by atoms with van der Waals surface area (Å²) in [7, 11) is 0. The van der Waals surface area contributed by atoms with Gasteiger partial charge in [0.15, 0.2) is 0 Å². The number of rotatable bonds is 2. The van der Waals surface area contributed by atoms with E-state index in [-0.39, 0.29) is 12.1 Å². The molecule has 0 aliphatic carbocycles. The smallest absolute Gasteiger partial charge is 0.141 e. The Morgan fingerprint density at radius 1 is 1.22 bits per heavy atom. The number of nitrogens with zero attached hydrogens (tertiary/aromatic N) is 4. The van der Waals surface area contributed by atoms with Crippen LogP contribution in [0.15, 0.2) is 11.4 Å². The molecule has 0 radical (unpaired) electrons. The van der Waals surface area contributed by atoms with Crippen LogP contribution in [0.1, 0.15) is 12.2 Å². The van der Waals surface area contributed by atoms with Crippen LogP contribution in [0.5, 0.6) is 0 Å². The largest absolute Gasteiger partial charge is 0.389 e. The highest BCUT2D eigenvalue weighted by Crippen LogP contribution is 2.28. The van der Waals surface area contributed by atoms with Crippen LogP contribution in [0, 0.1) is 6.92 Å². The number of aliphatic hydroxyl groups excluding tert-OH is 1. The zero-order chi connectivity index (χ0) is 15.8. The number of thiophene rings is 1. The molecule has 2 fully saturated rings. The highest BCUT2D eigenvalue weighted by molar-refractivity contribution is 7.16. The van der Waals surface area contributed by atoms with E-state index in [1.54, 1.807) is 11.3 Å². The van der Waals surface area contributed by atoms with E-state index in [4.69, 9.17) is 9.72 Å². The highest BCUT2D eigenvalue weighted by atomic mass is 32.1. The Morgan fingerprint density at radius 3 is 2.96 bits per heavy atom. The van der Waals surface area contributed by atoms with Gasteiger partial charge in [-0.25, -0.2) is 9.97 Å². The SMILES string of the molecule is Cc1nc(N2CCCN([C@@H]3COC[C@H]3O)CC2)c2ccsc2n1. The fraction of sp³-hybridized carbons (Fsp3) is 0.625. The van der Waals surface area contributed by atoms with Crippen LogP contribution < -0.4 is 4.90 Å². The molecule has 2 aromatic rings. The highest BCUT2D eigenvalue weighted by Gasteiger charge is 2.32. The van der Waals surface area contributed by atoms with Crippen molar-refractivity contribution in [3.8, 4) is 0 Å². The third-order valence-corrected chi connectivity index (χ3v) is 5.54. The summed E-state index contributed by atoms with van der Waals surface area (Å²) in [5.74, 6) is 1.88. The lowest BCUT2D eigenvalue weighted by atomic mass is 10.2. The number of aliphatic hydroxyl groups is 1. The van der Waals surface area contributed by atoms with Gasteiger partial charge in [0.2, 0.25) is 0 Å². The van der Waals surface area contributed by atoms with Crippen molar-refractivity contribution in [2.24, 2.45) is 0 Å². The van der Waals surface area contributed by atoms with Gasteiger partial charge in [0.25, 0.3) is 0 Å². The minimum absolute atomic E-state index is 0.142. The molecule has 0 aromatic carbocycles. The standard InChI is InChI=1S/C16H22N4O2S/c1-11-17-15(12-3-8-23-16(12)18-11)20-5-2-4-19(6-7-20)13-9-22-10-14(13)21/h3,8,13-14,21H,2,4-7,9-10H2,1H3/t13-,14-/m1/s1. The molecule has 4 rings (SSSR count). The van der Waals surface area contributed by atoms with E-state index in [1.165, 1.54) is 0 Å². The number of hydrogen-bond donors (Lipinski definition) is 1. The van der Waals surface area contributed by atoms with Crippen LogP contribution in [0.2, 0.25) is 0 Å². The first-order chi connectivity index (χ1) is 11.2. The fourth-order valence-corrected chi connectivity index (χ4v) is 4.35. The molecule has 0 saturated carbocycles. The van der Waals surface area contributed by atoms with Crippen molar-refractivity contribution in [1.29, 1.82) is 0 Å². The Kier molecular flexibility index (Phi) is 4.19. The van der Waals surface area contributed by atoms with Crippen molar-refractivity contribution in [2.75, 3.05) is 44.3 Å². The summed E-state index contributed by atoms with van der Waals surface area (Å²) in [4.78, 5) is 15.0. The second kappa shape index (κ2) is 6.32. The lowest BCUT2D eigenvalue weighted by Crippen LogP contribution is -2.44. The molecule has 2 atom stereocenters. The van der Waals surface area contributed by atoms with Gasteiger partial charge in [0.05, 0.1) is 30.7 Å². The molecule has 23 heavy (non-hydrogen) atoms. The van der Waals surface area contributed by atoms with Gasteiger partial charge in [0, 0.05) is 26.2 Å². The Morgan fingerprint density at radius 2 is 2.13 bits per heavy atom. The molecule has 0 amide bonds. The van der Waals surface area contributed by atoms with E-state index in [1.807, 2.05) is 6.92 Å². The molecule has 1 N–H and O–H groups in total. The zero-order valence-corrected chi connectivity index (χ0v) is 14.1. The molecule has 0 unspecified atom stereocenters. The van der Waals surface area contributed by atoms with Crippen molar-refractivity contribution in [3.63, 3.8) is 0 Å². The van der Waals surface area contributed by atoms with E-state index >= 15 is 0 Å². The fourth-order valence-electron chi connectivity index (χ4n) is 3.55. The Balaban J connectivity index is 1.55. The van der Waals surface area contributed by atoms with Crippen molar-refractivity contribution >= 4 is 27.4 Å². The third kappa shape index (κ3) is 2.94. The van der Waals surface area contributed by atoms with E-state index in [0.717, 1.165) is 54.5 Å². The molecule has 4 heterocycles. The van der Waals surface area contributed by atoms with E-state index in [9.17, 15) is 5.11 Å². The second-order valence-corrected chi connectivity index (χ2v) is 7.18. The quantitative estimate of drug-likeness (QED) is 0.892. The summed E-state index contributed by atoms with van der Waals surface area (Å²) >= 11 is 1.67. The molecule has 2 saturated heterocycles. The number of hydrogen-bond acceptors (Lipinski definition) is 7. The predicted molar refractivity (Wildman–Crippen MR) is 91.2 cm³/mol. The van der Waals surface area contributed by atoms with Crippen LogP contribution in [-0.2, 0) is 4.74 Å². The first-order valence-corrected chi connectivity index (χ1v) is 9.07. The van der Waals surface area contributed by atoms with Gasteiger partial charge in [-0.15, -0.1) is 11.3 Å². The maximum atomic E-state index is 10.1. The average Bonchev–Trinajstić information content (AvgIpc) is 3.09. The molecular formula is C16H22N4O2S. The van der Waals surface area contributed by atoms with Gasteiger partial charge in [-0.1, -0.05) is 0 Å². The lowest BCUT2D eigenvalue weighted by Gasteiger charge is -2.28. The lowest BCUT2D eigenvalue weighted by molar-refractivity contribution is 0.0859. The van der Waals surface area contributed by atoms with Crippen LogP contribution in [0.25, 0.3) is 10.2 Å². The van der Waals surface area contributed by atoms with Gasteiger partial charge in [-0.3, -0.25) is 4.90 Å². The first kappa shape index (κ1) is 15.3. The van der Waals surface area contributed by atoms with Crippen LogP contribution in [-0.4, -0.2) is 71.5 Å². The van der Waals surface area contributed by atoms with Gasteiger partial charge >= 0.3 is 0 Å². The number of aryl methyl sites for hydroxylation is 1. The normalized spacial score (nSPS) is 26.8. The number of anilines is 1. The summed E-state index contributed by atoms with van der Waals surface area (Å²) in [6.07, 6.45) is 0.712. The monoisotopic (exact) mass is 334 g/mol. The van der Waals surface area contributed by atoms with Crippen molar-refractivity contribution in [1.82, 2.24) is 14.9 Å². The Hall–Kier alpha value is -1.28. The maximum Gasteiger partial charge on any atom is 0.141 e. The molecular weight excluding hydrogens is 312 g/mol. The Bertz CT molecular complexity index is 692.